The summed E-state index contributed by atoms with van der Waals surface area (Å²) >= 11 is 0. The van der Waals surface area contributed by atoms with E-state index in [0.29, 0.717) is 11.4 Å². The molecule has 3 rings (SSSR count). The second-order valence-corrected chi connectivity index (χ2v) is 4.71. The van der Waals surface area contributed by atoms with E-state index in [1.807, 2.05) is 6.07 Å². The summed E-state index contributed by atoms with van der Waals surface area (Å²) in [5, 5.41) is 16.1. The van der Waals surface area contributed by atoms with Crippen LogP contribution in [-0.2, 0) is 12.8 Å². The molecule has 1 aliphatic carbocycles. The molecule has 1 aliphatic rings. The standard InChI is InChI=1S/C14H14N2O2/c1-8-12(14(17)18)13(16-15-8)11-6-5-9-3-2-4-10(9)7-11/h5-7H,2-4H2,1H3,(H,15,16)(H,17,18). The van der Waals surface area contributed by atoms with Crippen LogP contribution in [0.2, 0.25) is 0 Å². The quantitative estimate of drug-likeness (QED) is 0.850. The lowest BCUT2D eigenvalue weighted by Gasteiger charge is -2.03. The number of rotatable bonds is 2. The van der Waals surface area contributed by atoms with Crippen molar-refractivity contribution >= 4 is 5.97 Å². The van der Waals surface area contributed by atoms with Crippen LogP contribution >= 0.6 is 0 Å². The lowest BCUT2D eigenvalue weighted by atomic mass is 10.0. The van der Waals surface area contributed by atoms with Crippen molar-refractivity contribution in [1.82, 2.24) is 10.2 Å². The minimum atomic E-state index is -0.934. The zero-order valence-electron chi connectivity index (χ0n) is 10.2. The molecule has 4 nitrogen and oxygen atoms in total. The van der Waals surface area contributed by atoms with Gasteiger partial charge in [0.1, 0.15) is 11.3 Å². The lowest BCUT2D eigenvalue weighted by Crippen LogP contribution is -1.99. The minimum Gasteiger partial charge on any atom is -0.478 e. The molecule has 2 N–H and O–H groups in total. The summed E-state index contributed by atoms with van der Waals surface area (Å²) in [5.41, 5.74) is 4.99. The Morgan fingerprint density at radius 2 is 2.11 bits per heavy atom. The highest BCUT2D eigenvalue weighted by Gasteiger charge is 2.20. The summed E-state index contributed by atoms with van der Waals surface area (Å²) in [6.45, 7) is 1.73. The number of carbonyl (C=O) groups is 1. The molecular formula is C14H14N2O2. The molecule has 0 fully saturated rings. The van der Waals surface area contributed by atoms with Crippen molar-refractivity contribution in [2.75, 3.05) is 0 Å². The fraction of sp³-hybridized carbons (Fsp3) is 0.286. The predicted octanol–water partition coefficient (Wildman–Crippen LogP) is 2.57. The van der Waals surface area contributed by atoms with Gasteiger partial charge in [-0.05, 0) is 43.4 Å². The number of fused-ring (bicyclic) bond motifs is 1. The van der Waals surface area contributed by atoms with Crippen molar-refractivity contribution in [1.29, 1.82) is 0 Å². The van der Waals surface area contributed by atoms with E-state index in [4.69, 9.17) is 0 Å². The van der Waals surface area contributed by atoms with Gasteiger partial charge in [0.2, 0.25) is 0 Å². The van der Waals surface area contributed by atoms with Gasteiger partial charge in [-0.15, -0.1) is 0 Å². The van der Waals surface area contributed by atoms with Crippen LogP contribution in [0.1, 0.15) is 33.6 Å². The Hall–Kier alpha value is -2.10. The Bertz CT molecular complexity index is 629. The highest BCUT2D eigenvalue weighted by molar-refractivity contribution is 5.96. The van der Waals surface area contributed by atoms with Gasteiger partial charge in [-0.3, -0.25) is 5.10 Å². The van der Waals surface area contributed by atoms with Crippen molar-refractivity contribution in [3.05, 3.63) is 40.6 Å². The fourth-order valence-corrected chi connectivity index (χ4v) is 2.62. The van der Waals surface area contributed by atoms with Gasteiger partial charge in [-0.1, -0.05) is 12.1 Å². The number of aromatic nitrogens is 2. The first-order valence-electron chi connectivity index (χ1n) is 6.07. The number of aryl methyl sites for hydroxylation is 3. The lowest BCUT2D eigenvalue weighted by molar-refractivity contribution is 0.0697. The molecule has 1 heterocycles. The second kappa shape index (κ2) is 3.98. The van der Waals surface area contributed by atoms with Gasteiger partial charge in [0, 0.05) is 11.3 Å². The smallest absolute Gasteiger partial charge is 0.339 e. The summed E-state index contributed by atoms with van der Waals surface area (Å²) < 4.78 is 0. The maximum Gasteiger partial charge on any atom is 0.339 e. The van der Waals surface area contributed by atoms with Crippen molar-refractivity contribution in [2.24, 2.45) is 0 Å². The number of hydrogen-bond donors (Lipinski definition) is 2. The largest absolute Gasteiger partial charge is 0.478 e. The van der Waals surface area contributed by atoms with E-state index in [1.165, 1.54) is 17.5 Å². The van der Waals surface area contributed by atoms with Crippen LogP contribution in [0.3, 0.4) is 0 Å². The van der Waals surface area contributed by atoms with E-state index < -0.39 is 5.97 Å². The topological polar surface area (TPSA) is 66.0 Å². The second-order valence-electron chi connectivity index (χ2n) is 4.71. The number of carboxylic acids is 1. The van der Waals surface area contributed by atoms with E-state index in [9.17, 15) is 9.90 Å². The first-order valence-corrected chi connectivity index (χ1v) is 6.07. The summed E-state index contributed by atoms with van der Waals surface area (Å²) in [5.74, 6) is -0.934. The van der Waals surface area contributed by atoms with Gasteiger partial charge in [-0.2, -0.15) is 5.10 Å². The maximum absolute atomic E-state index is 11.3. The van der Waals surface area contributed by atoms with Crippen molar-refractivity contribution in [3.8, 4) is 11.3 Å². The number of carboxylic acid groups (broad SMARTS) is 1. The highest BCUT2D eigenvalue weighted by atomic mass is 16.4. The molecular weight excluding hydrogens is 228 g/mol. The molecule has 0 unspecified atom stereocenters. The highest BCUT2D eigenvalue weighted by Crippen LogP contribution is 2.29. The molecule has 1 aromatic carbocycles. The first-order chi connectivity index (χ1) is 8.66. The van der Waals surface area contributed by atoms with Crippen LogP contribution in [0.5, 0.6) is 0 Å². The zero-order valence-corrected chi connectivity index (χ0v) is 10.2. The SMILES string of the molecule is Cc1[nH]nc(-c2ccc3c(c2)CCC3)c1C(=O)O. The normalized spacial score (nSPS) is 13.6. The van der Waals surface area contributed by atoms with Gasteiger partial charge in [0.05, 0.1) is 0 Å². The van der Waals surface area contributed by atoms with Crippen molar-refractivity contribution in [2.45, 2.75) is 26.2 Å². The van der Waals surface area contributed by atoms with Crippen LogP contribution in [-0.4, -0.2) is 21.3 Å². The summed E-state index contributed by atoms with van der Waals surface area (Å²) in [6.07, 6.45) is 3.39. The van der Waals surface area contributed by atoms with E-state index in [0.717, 1.165) is 18.4 Å². The Labute approximate surface area is 105 Å². The van der Waals surface area contributed by atoms with Crippen LogP contribution in [0, 0.1) is 6.92 Å². The predicted molar refractivity (Wildman–Crippen MR) is 67.7 cm³/mol. The van der Waals surface area contributed by atoms with Crippen LogP contribution in [0.15, 0.2) is 18.2 Å². The maximum atomic E-state index is 11.3. The number of benzene rings is 1. The monoisotopic (exact) mass is 242 g/mol. The molecule has 0 saturated carbocycles. The molecule has 1 aromatic heterocycles. The molecule has 18 heavy (non-hydrogen) atoms. The van der Waals surface area contributed by atoms with E-state index >= 15 is 0 Å². The Morgan fingerprint density at radius 3 is 2.89 bits per heavy atom. The summed E-state index contributed by atoms with van der Waals surface area (Å²) in [6, 6.07) is 6.13. The Balaban J connectivity index is 2.13. The first kappa shape index (κ1) is 11.0. The molecule has 0 saturated heterocycles. The zero-order chi connectivity index (χ0) is 12.7. The van der Waals surface area contributed by atoms with Crippen LogP contribution in [0.4, 0.5) is 0 Å². The number of aromatic amines is 1. The molecule has 4 heteroatoms. The molecule has 0 aliphatic heterocycles. The third kappa shape index (κ3) is 1.61. The van der Waals surface area contributed by atoms with Gasteiger partial charge in [0.15, 0.2) is 0 Å². The van der Waals surface area contributed by atoms with E-state index in [1.54, 1.807) is 6.92 Å². The molecule has 0 spiro atoms. The van der Waals surface area contributed by atoms with Gasteiger partial charge >= 0.3 is 5.97 Å². The molecule has 92 valence electrons. The fourth-order valence-electron chi connectivity index (χ4n) is 2.62. The molecule has 0 bridgehead atoms. The average molecular weight is 242 g/mol. The van der Waals surface area contributed by atoms with Crippen molar-refractivity contribution in [3.63, 3.8) is 0 Å². The van der Waals surface area contributed by atoms with Gasteiger partial charge < -0.3 is 5.11 Å². The Kier molecular flexibility index (Phi) is 2.44. The Morgan fingerprint density at radius 1 is 1.33 bits per heavy atom. The number of H-pyrrole nitrogens is 1. The van der Waals surface area contributed by atoms with Crippen LogP contribution in [0.25, 0.3) is 11.3 Å². The third-order valence-corrected chi connectivity index (χ3v) is 3.53. The minimum absolute atomic E-state index is 0.271. The molecule has 0 atom stereocenters. The third-order valence-electron chi connectivity index (χ3n) is 3.53. The molecule has 0 radical (unpaired) electrons. The van der Waals surface area contributed by atoms with Crippen LogP contribution < -0.4 is 0 Å². The number of hydrogen-bond acceptors (Lipinski definition) is 2. The van der Waals surface area contributed by atoms with Gasteiger partial charge in [0.25, 0.3) is 0 Å². The summed E-state index contributed by atoms with van der Waals surface area (Å²) in [7, 11) is 0. The van der Waals surface area contributed by atoms with E-state index in [2.05, 4.69) is 22.3 Å². The van der Waals surface area contributed by atoms with Crippen molar-refractivity contribution < 1.29 is 9.90 Å². The van der Waals surface area contributed by atoms with Gasteiger partial charge in [-0.25, -0.2) is 4.79 Å². The summed E-state index contributed by atoms with van der Waals surface area (Å²) in [4.78, 5) is 11.3. The van der Waals surface area contributed by atoms with E-state index in [-0.39, 0.29) is 5.56 Å². The average Bonchev–Trinajstić information content (AvgIpc) is 2.93. The number of nitrogens with zero attached hydrogens (tertiary/aromatic N) is 1. The molecule has 2 aromatic rings. The number of nitrogens with one attached hydrogen (secondary N) is 1. The number of aromatic carboxylic acids is 1. The molecule has 0 amide bonds.